The van der Waals surface area contributed by atoms with Crippen LogP contribution in [0.1, 0.15) is 71.6 Å². The van der Waals surface area contributed by atoms with Gasteiger partial charge < -0.3 is 63.2 Å². The van der Waals surface area contributed by atoms with Gasteiger partial charge in [-0.3, -0.25) is 38.6 Å². The standard InChI is InChI=1S/C32H52N10O11/c1-16(29(50)42-14-6-10-22(42)31(52)53)37-27(48)21-9-5-13-41(21)30(51)19(8-4-12-36-32(33)34)38-28(49)24(17(2)43)40-26(47)20(15-23(44)45)39-25(46)18-7-3-11-35-18/h16-22,24,35,43H,3-15H2,1-2H3,(H,37,48)(H,38,49)(H,39,46)(H,40,47)(H,44,45)(H,52,53)(H4,33,34,36)/t16-,17+,18-,19-,20-,21-,22-,24-/m0/s1. The summed E-state index contributed by atoms with van der Waals surface area (Å²) in [6, 6.07) is -8.35. The van der Waals surface area contributed by atoms with E-state index in [4.69, 9.17) is 11.5 Å². The normalized spacial score (nSPS) is 22.4. The van der Waals surface area contributed by atoms with E-state index in [0.717, 1.165) is 0 Å². The number of nitrogens with one attached hydrogen (secondary N) is 5. The van der Waals surface area contributed by atoms with Gasteiger partial charge in [0.15, 0.2) is 5.96 Å². The number of hydrogen-bond donors (Lipinski definition) is 10. The van der Waals surface area contributed by atoms with Gasteiger partial charge in [0.1, 0.15) is 36.3 Å². The summed E-state index contributed by atoms with van der Waals surface area (Å²) in [5.74, 6) is -7.32. The summed E-state index contributed by atoms with van der Waals surface area (Å²) in [7, 11) is 0. The second-order valence-electron chi connectivity index (χ2n) is 13.5. The van der Waals surface area contributed by atoms with Crippen molar-refractivity contribution >= 4 is 53.3 Å². The summed E-state index contributed by atoms with van der Waals surface area (Å²) >= 11 is 0. The van der Waals surface area contributed by atoms with Crippen LogP contribution in [0.2, 0.25) is 0 Å². The Morgan fingerprint density at radius 2 is 1.43 bits per heavy atom. The highest BCUT2D eigenvalue weighted by molar-refractivity contribution is 5.98. The summed E-state index contributed by atoms with van der Waals surface area (Å²) in [5, 5.41) is 42.1. The Balaban J connectivity index is 1.75. The lowest BCUT2D eigenvalue weighted by Gasteiger charge is -2.31. The van der Waals surface area contributed by atoms with Crippen molar-refractivity contribution in [2.75, 3.05) is 26.2 Å². The number of hydrogen-bond acceptors (Lipinski definition) is 11. The zero-order valence-corrected chi connectivity index (χ0v) is 29.9. The molecule has 21 nitrogen and oxygen atoms in total. The van der Waals surface area contributed by atoms with Crippen LogP contribution in [-0.2, 0) is 38.4 Å². The van der Waals surface area contributed by atoms with Crippen LogP contribution in [0, 0.1) is 0 Å². The summed E-state index contributed by atoms with van der Waals surface area (Å²) in [6.07, 6.45) is 0.397. The molecule has 6 amide bonds. The van der Waals surface area contributed by atoms with E-state index in [1.165, 1.54) is 23.6 Å². The number of nitrogens with two attached hydrogens (primary N) is 2. The molecule has 53 heavy (non-hydrogen) atoms. The molecule has 0 aliphatic carbocycles. The van der Waals surface area contributed by atoms with Crippen LogP contribution >= 0.6 is 0 Å². The molecule has 0 spiro atoms. The first-order valence-corrected chi connectivity index (χ1v) is 17.8. The van der Waals surface area contributed by atoms with Gasteiger partial charge in [-0.1, -0.05) is 0 Å². The third-order valence-corrected chi connectivity index (χ3v) is 9.40. The lowest BCUT2D eigenvalue weighted by atomic mass is 10.1. The minimum atomic E-state index is -1.70. The van der Waals surface area contributed by atoms with Crippen molar-refractivity contribution < 1.29 is 53.7 Å². The van der Waals surface area contributed by atoms with E-state index in [2.05, 4.69) is 31.6 Å². The molecule has 0 radical (unpaired) electrons. The van der Waals surface area contributed by atoms with Crippen molar-refractivity contribution in [2.45, 2.75) is 120 Å². The predicted molar refractivity (Wildman–Crippen MR) is 185 cm³/mol. The maximum Gasteiger partial charge on any atom is 0.326 e. The minimum absolute atomic E-state index is 0.0425. The molecule has 3 heterocycles. The maximum absolute atomic E-state index is 14.0. The van der Waals surface area contributed by atoms with E-state index in [1.807, 2.05) is 0 Å². The fourth-order valence-corrected chi connectivity index (χ4v) is 6.66. The topological polar surface area (TPSA) is 328 Å². The Hall–Kier alpha value is -5.05. The maximum atomic E-state index is 14.0. The molecule has 0 unspecified atom stereocenters. The SMILES string of the molecule is C[C@H](NC(=O)[C@@H]1CCCN1C(=O)[C@H](CCCN=C(N)N)NC(=O)[C@@H](NC(=O)[C@H](CC(=O)O)NC(=O)[C@@H]1CCCN1)[C@@H](C)O)C(=O)N1CCC[C@H]1C(=O)O. The van der Waals surface area contributed by atoms with Gasteiger partial charge in [-0.2, -0.15) is 0 Å². The molecule has 12 N–H and O–H groups in total. The zero-order chi connectivity index (χ0) is 39.4. The summed E-state index contributed by atoms with van der Waals surface area (Å²) in [6.45, 7) is 3.61. The monoisotopic (exact) mass is 752 g/mol. The number of amides is 6. The highest BCUT2D eigenvalue weighted by Crippen LogP contribution is 2.22. The molecule has 8 atom stereocenters. The van der Waals surface area contributed by atoms with Gasteiger partial charge in [0, 0.05) is 19.6 Å². The number of guanidine groups is 1. The van der Waals surface area contributed by atoms with Crippen LogP contribution in [0.3, 0.4) is 0 Å². The van der Waals surface area contributed by atoms with Crippen LogP contribution in [-0.4, -0.2) is 153 Å². The molecule has 3 aliphatic rings. The second-order valence-corrected chi connectivity index (χ2v) is 13.5. The van der Waals surface area contributed by atoms with Crippen LogP contribution in [0.5, 0.6) is 0 Å². The first kappa shape index (κ1) is 42.4. The molecule has 0 aromatic heterocycles. The predicted octanol–water partition coefficient (Wildman–Crippen LogP) is -4.33. The number of aliphatic imine (C=N–C) groups is 1. The quantitative estimate of drug-likeness (QED) is 0.0360. The Labute approximate surface area is 306 Å². The van der Waals surface area contributed by atoms with Crippen LogP contribution in [0.4, 0.5) is 0 Å². The smallest absolute Gasteiger partial charge is 0.326 e. The summed E-state index contributed by atoms with van der Waals surface area (Å²) < 4.78 is 0. The number of carboxylic acid groups (broad SMARTS) is 2. The summed E-state index contributed by atoms with van der Waals surface area (Å²) in [4.78, 5) is 109. The fourth-order valence-electron chi connectivity index (χ4n) is 6.66. The molecule has 3 aliphatic heterocycles. The molecular weight excluding hydrogens is 700 g/mol. The molecule has 0 bridgehead atoms. The molecule has 3 saturated heterocycles. The largest absolute Gasteiger partial charge is 0.481 e. The average Bonchev–Trinajstić information content (AvgIpc) is 3.89. The minimum Gasteiger partial charge on any atom is -0.481 e. The highest BCUT2D eigenvalue weighted by atomic mass is 16.4. The number of carbonyl (C=O) groups excluding carboxylic acids is 6. The van der Waals surface area contributed by atoms with Crippen molar-refractivity contribution in [1.82, 2.24) is 36.4 Å². The van der Waals surface area contributed by atoms with E-state index < -0.39 is 102 Å². The molecule has 3 rings (SSSR count). The van der Waals surface area contributed by atoms with Crippen molar-refractivity contribution in [3.8, 4) is 0 Å². The van der Waals surface area contributed by atoms with Gasteiger partial charge in [0.05, 0.1) is 18.6 Å². The molecule has 0 saturated carbocycles. The van der Waals surface area contributed by atoms with Crippen molar-refractivity contribution in [3.05, 3.63) is 0 Å². The van der Waals surface area contributed by atoms with Gasteiger partial charge in [0.2, 0.25) is 35.4 Å². The lowest BCUT2D eigenvalue weighted by molar-refractivity contribution is -0.149. The van der Waals surface area contributed by atoms with Crippen molar-refractivity contribution in [1.29, 1.82) is 0 Å². The van der Waals surface area contributed by atoms with Crippen molar-refractivity contribution in [3.63, 3.8) is 0 Å². The Kier molecular flexibility index (Phi) is 15.7. The van der Waals surface area contributed by atoms with E-state index in [-0.39, 0.29) is 44.9 Å². The van der Waals surface area contributed by atoms with Gasteiger partial charge in [-0.25, -0.2) is 4.79 Å². The van der Waals surface area contributed by atoms with E-state index in [9.17, 15) is 53.7 Å². The number of rotatable bonds is 18. The van der Waals surface area contributed by atoms with Gasteiger partial charge in [-0.05, 0) is 71.8 Å². The first-order chi connectivity index (χ1) is 25.0. The zero-order valence-electron chi connectivity index (χ0n) is 29.9. The third kappa shape index (κ3) is 12.0. The molecule has 21 heteroatoms. The second kappa shape index (κ2) is 19.7. The van der Waals surface area contributed by atoms with Crippen LogP contribution < -0.4 is 38.1 Å². The molecule has 296 valence electrons. The fraction of sp³-hybridized carbons (Fsp3) is 0.719. The Morgan fingerprint density at radius 3 is 2.00 bits per heavy atom. The average molecular weight is 753 g/mol. The van der Waals surface area contributed by atoms with E-state index in [1.54, 1.807) is 0 Å². The van der Waals surface area contributed by atoms with E-state index in [0.29, 0.717) is 38.6 Å². The van der Waals surface area contributed by atoms with Gasteiger partial charge in [-0.15, -0.1) is 0 Å². The number of likely N-dealkylation sites (tertiary alicyclic amines) is 2. The third-order valence-electron chi connectivity index (χ3n) is 9.40. The first-order valence-electron chi connectivity index (χ1n) is 17.8. The number of carbonyl (C=O) groups is 8. The number of aliphatic hydroxyl groups is 1. The number of aliphatic carboxylic acids is 2. The lowest BCUT2D eigenvalue weighted by Crippen LogP contribution is -2.61. The Morgan fingerprint density at radius 1 is 0.792 bits per heavy atom. The number of nitrogens with zero attached hydrogens (tertiary/aromatic N) is 3. The Bertz CT molecular complexity index is 1420. The number of aliphatic hydroxyl groups excluding tert-OH is 1. The van der Waals surface area contributed by atoms with E-state index >= 15 is 0 Å². The molecule has 3 fully saturated rings. The van der Waals surface area contributed by atoms with Gasteiger partial charge >= 0.3 is 11.9 Å². The van der Waals surface area contributed by atoms with Crippen LogP contribution in [0.15, 0.2) is 4.99 Å². The molecule has 0 aromatic rings. The van der Waals surface area contributed by atoms with Gasteiger partial charge in [0.25, 0.3) is 0 Å². The summed E-state index contributed by atoms with van der Waals surface area (Å²) in [5.41, 5.74) is 10.8. The highest BCUT2D eigenvalue weighted by Gasteiger charge is 2.41. The van der Waals surface area contributed by atoms with Crippen molar-refractivity contribution in [2.24, 2.45) is 16.5 Å². The van der Waals surface area contributed by atoms with Crippen LogP contribution in [0.25, 0.3) is 0 Å². The molecule has 0 aromatic carbocycles. The number of carboxylic acids is 2. The molecular formula is C32H52N10O11.